The Balaban J connectivity index is 0.000000738. The van der Waals surface area contributed by atoms with Crippen molar-refractivity contribution in [2.75, 3.05) is 7.11 Å². The molecule has 21 heteroatoms. The van der Waals surface area contributed by atoms with Gasteiger partial charge < -0.3 is 4.74 Å². The second kappa shape index (κ2) is 58.1. The summed E-state index contributed by atoms with van der Waals surface area (Å²) < 4.78 is 157. The molecule has 11 aromatic rings. The Bertz CT molecular complexity index is 5220. The summed E-state index contributed by atoms with van der Waals surface area (Å²) >= 11 is 23.4. The predicted octanol–water partition coefficient (Wildman–Crippen LogP) is 38.6. The lowest BCUT2D eigenvalue weighted by Gasteiger charge is -2.13. The zero-order valence-corrected chi connectivity index (χ0v) is 87.4. The number of aryl methyl sites for hydroxylation is 10. The average molecular weight is 1940 g/mol. The van der Waals surface area contributed by atoms with E-state index in [4.69, 9.17) is 61.7 Å². The molecule has 2 heterocycles. The van der Waals surface area contributed by atoms with Gasteiger partial charge in [-0.3, -0.25) is 4.98 Å². The fraction of sp³-hybridized carbons (Fsp3) is 0.416. The van der Waals surface area contributed by atoms with Crippen LogP contribution in [-0.4, -0.2) is 17.1 Å². The summed E-state index contributed by atoms with van der Waals surface area (Å²) in [5.41, 5.74) is 18.3. The highest BCUT2D eigenvalue weighted by Gasteiger charge is 2.35. The van der Waals surface area contributed by atoms with Crippen LogP contribution in [0.4, 0.5) is 52.7 Å². The second-order valence-corrected chi connectivity index (χ2v) is 38.1. The molecule has 0 aliphatic heterocycles. The highest BCUT2D eigenvalue weighted by atomic mass is 35.5. The van der Waals surface area contributed by atoms with Gasteiger partial charge >= 0.3 is 18.5 Å². The van der Waals surface area contributed by atoms with Crippen molar-refractivity contribution >= 4 is 46.4 Å². The maximum Gasteiger partial charge on any atom is 0.418 e. The average Bonchev–Trinajstić information content (AvgIpc) is 0.829. The first-order valence-corrected chi connectivity index (χ1v) is 46.5. The van der Waals surface area contributed by atoms with Gasteiger partial charge in [0.2, 0.25) is 0 Å². The van der Waals surface area contributed by atoms with Gasteiger partial charge in [0, 0.05) is 28.1 Å². The number of hydrogen-bond donors (Lipinski definition) is 0. The fourth-order valence-corrected chi connectivity index (χ4v) is 12.8. The monoisotopic (exact) mass is 1940 g/mol. The van der Waals surface area contributed by atoms with E-state index in [0.717, 1.165) is 60.8 Å². The first kappa shape index (κ1) is 122. The van der Waals surface area contributed by atoms with E-state index in [0.29, 0.717) is 67.9 Å². The topological polar surface area (TPSA) is 82.6 Å². The van der Waals surface area contributed by atoms with Crippen LogP contribution in [0.5, 0.6) is 5.75 Å². The van der Waals surface area contributed by atoms with Crippen molar-refractivity contribution in [1.29, 1.82) is 10.5 Å². The first-order valence-electron chi connectivity index (χ1n) is 45.0. The molecule has 0 spiro atoms. The van der Waals surface area contributed by atoms with Gasteiger partial charge in [0.15, 0.2) is 5.69 Å². The minimum Gasteiger partial charge on any atom is -0.496 e. The summed E-state index contributed by atoms with van der Waals surface area (Å²) in [7, 11) is 1.71. The van der Waals surface area contributed by atoms with E-state index in [-0.39, 0.29) is 68.9 Å². The van der Waals surface area contributed by atoms with Crippen molar-refractivity contribution in [2.45, 2.75) is 305 Å². The Labute approximate surface area is 813 Å². The number of nitriles is 2. The van der Waals surface area contributed by atoms with Crippen molar-refractivity contribution in [1.82, 2.24) is 9.97 Å². The van der Waals surface area contributed by atoms with Gasteiger partial charge in [0.05, 0.1) is 45.5 Å². The van der Waals surface area contributed by atoms with Crippen LogP contribution < -0.4 is 4.74 Å². The number of alkyl halides is 9. The number of methoxy groups -OCH3 is 1. The molecule has 0 unspecified atom stereocenters. The molecule has 9 aromatic carbocycles. The number of aromatic nitrogens is 2. The van der Waals surface area contributed by atoms with Gasteiger partial charge in [0.25, 0.3) is 0 Å². The molecule has 2 aromatic heterocycles. The lowest BCUT2D eigenvalue weighted by atomic mass is 9.98. The SMILES string of the molecule is CC(C)c1ccc(C#N)cc1.CC(C)c1cnc(C#N)c(Cl)c1.COc1cc(C(C)C)ccc1C.Cc1cc(F)c(C(C)C)cc1Cl.Cc1ccc(C(C)C)c(F)c1Cl.Cc1ccc(C(C)C)cc1C.Cc1ccc(C(C)C)cc1C(F)(F)F.Cc1ccc(C(C)C)cc1C(F)(F)F.Cc1ccc(C(C)C)cc1Cl.Cc1ccc(C(C)C)cc1F.Cc1ncc(C(C)C)cc1C(F)(F)F. The summed E-state index contributed by atoms with van der Waals surface area (Å²) in [6.45, 7) is 62.8. The molecule has 0 N–H and O–H groups in total. The maximum absolute atomic E-state index is 13.4. The number of rotatable bonds is 12. The summed E-state index contributed by atoms with van der Waals surface area (Å²) in [6, 6.07) is 55.3. The second-order valence-electron chi connectivity index (χ2n) is 36.5. The number of nitrogens with zero attached hydrogens (tertiary/aromatic N) is 4. The first-order chi connectivity index (χ1) is 61.9. The van der Waals surface area contributed by atoms with Crippen molar-refractivity contribution < 1.29 is 57.4 Å². The summed E-state index contributed by atoms with van der Waals surface area (Å²) in [6.07, 6.45) is -9.60. The Hall–Kier alpha value is -9.62. The fourth-order valence-electron chi connectivity index (χ4n) is 12.0. The molecule has 0 aliphatic carbocycles. The van der Waals surface area contributed by atoms with Crippen molar-refractivity contribution in [3.8, 4) is 17.9 Å². The maximum atomic E-state index is 13.4. The van der Waals surface area contributed by atoms with E-state index in [1.807, 2.05) is 131 Å². The quantitative estimate of drug-likeness (QED) is 0.114. The third-order valence-corrected chi connectivity index (χ3v) is 23.3. The minimum absolute atomic E-state index is 0.0295. The smallest absolute Gasteiger partial charge is 0.418 e. The van der Waals surface area contributed by atoms with E-state index < -0.39 is 35.2 Å². The largest absolute Gasteiger partial charge is 0.496 e. The van der Waals surface area contributed by atoms with Crippen LogP contribution >= 0.6 is 46.4 Å². The van der Waals surface area contributed by atoms with Gasteiger partial charge in [-0.2, -0.15) is 50.0 Å². The van der Waals surface area contributed by atoms with E-state index in [9.17, 15) is 52.7 Å². The lowest BCUT2D eigenvalue weighted by molar-refractivity contribution is -0.139. The van der Waals surface area contributed by atoms with Gasteiger partial charge in [-0.25, -0.2) is 18.2 Å². The van der Waals surface area contributed by atoms with E-state index in [1.165, 1.54) is 102 Å². The van der Waals surface area contributed by atoms with Crippen LogP contribution in [0.25, 0.3) is 0 Å². The minimum atomic E-state index is -4.30. The molecule has 0 amide bonds. The number of benzene rings is 9. The lowest BCUT2D eigenvalue weighted by Crippen LogP contribution is -2.10. The van der Waals surface area contributed by atoms with Crippen LogP contribution in [0.15, 0.2) is 182 Å². The molecule has 0 saturated heterocycles. The number of hydrogen-bond acceptors (Lipinski definition) is 5. The number of halogens is 16. The molecule has 0 fully saturated rings. The highest BCUT2D eigenvalue weighted by Crippen LogP contribution is 2.38. The van der Waals surface area contributed by atoms with Crippen LogP contribution in [0.3, 0.4) is 0 Å². The normalized spacial score (nSPS) is 11.0. The predicted molar refractivity (Wildman–Crippen MR) is 540 cm³/mol. The van der Waals surface area contributed by atoms with Crippen LogP contribution in [0.1, 0.15) is 362 Å². The van der Waals surface area contributed by atoms with Crippen LogP contribution in [-0.2, 0) is 18.5 Å². The molecule has 0 bridgehead atoms. The highest BCUT2D eigenvalue weighted by molar-refractivity contribution is 6.32. The Morgan fingerprint density at radius 3 is 0.993 bits per heavy atom. The molecule has 5 nitrogen and oxygen atoms in total. The zero-order chi connectivity index (χ0) is 103. The Kier molecular flexibility index (Phi) is 53.0. The van der Waals surface area contributed by atoms with Gasteiger partial charge in [-0.05, 0) is 312 Å². The standard InChI is InChI=1S/2C11H13F3.C11H16O.C11H16.2C10H12ClF.C10H13Cl.C10H12F3N.C10H13F.C10H11N.C9H9ClN2/c2*1-7(2)9-5-4-8(3)10(6-9)11(12,13)14;1-8(2)10-6-5-9(3)11(7-10)12-4;1-8(2)11-6-5-9(3)10(4)7-11;1-6(2)8-5-9(11)7(3)4-10(8)12;1-6(2)8-5-4-7(3)9(11)10(8)12;1-7(2)9-5-4-8(3)10(11)6-9;1-6(2)8-4-9(10(11,12)13)7(3)14-5-8;1-7(2)9-5-4-8(3)10(11)6-9;1-8(2)10-5-3-9(7-11)4-6-10;1-6(2)7-3-8(10)9(4-11)12-5-7/h2*4-7H,1-3H3;5-8H,1-4H3;5-8H,1-4H3;2*4-6H,1-3H3;4-7H,1-3H3;4-6H,1-3H3;4-7H,1-3H3;3-6,8H,1-2H3;3,5-6H,1-2H3. The molecule has 11 rings (SSSR count). The van der Waals surface area contributed by atoms with E-state index in [2.05, 4.69) is 168 Å². The molecular weight excluding hydrogens is 1800 g/mol. The van der Waals surface area contributed by atoms with Crippen molar-refractivity contribution in [3.05, 3.63) is 365 Å². The zero-order valence-electron chi connectivity index (χ0n) is 84.4. The van der Waals surface area contributed by atoms with Crippen molar-refractivity contribution in [2.24, 2.45) is 0 Å². The Morgan fingerprint density at radius 1 is 0.284 bits per heavy atom. The third-order valence-electron chi connectivity index (χ3n) is 21.7. The van der Waals surface area contributed by atoms with Crippen molar-refractivity contribution in [3.63, 3.8) is 0 Å². The van der Waals surface area contributed by atoms with E-state index in [1.54, 1.807) is 70.5 Å². The molecule has 0 aliphatic rings. The van der Waals surface area contributed by atoms with E-state index >= 15 is 0 Å². The third kappa shape index (κ3) is 42.7. The Morgan fingerprint density at radius 2 is 0.619 bits per heavy atom. The molecule has 730 valence electrons. The number of pyridine rings is 2. The summed E-state index contributed by atoms with van der Waals surface area (Å²) in [4.78, 5) is 7.67. The van der Waals surface area contributed by atoms with Crippen LogP contribution in [0, 0.1) is 109 Å². The van der Waals surface area contributed by atoms with Gasteiger partial charge in [-0.15, -0.1) is 0 Å². The summed E-state index contributed by atoms with van der Waals surface area (Å²) in [5.74, 6) is 4.25. The van der Waals surface area contributed by atoms with Gasteiger partial charge in [-0.1, -0.05) is 302 Å². The number of ether oxygens (including phenoxy) is 1. The summed E-state index contributed by atoms with van der Waals surface area (Å²) in [5, 5.41) is 19.3. The van der Waals surface area contributed by atoms with Gasteiger partial charge in [0.1, 0.15) is 29.3 Å². The molecule has 0 saturated carbocycles. The molecule has 134 heavy (non-hydrogen) atoms. The van der Waals surface area contributed by atoms with Crippen LogP contribution in [0.2, 0.25) is 20.1 Å². The molecule has 0 radical (unpaired) electrons. The molecule has 0 atom stereocenters. The molecular formula is C113H140Cl4F12N4O.